The lowest BCUT2D eigenvalue weighted by atomic mass is 10.1. The molecular weight excluding hydrogens is 308 g/mol. The topological polar surface area (TPSA) is 75.6 Å². The van der Waals surface area contributed by atoms with Crippen LogP contribution in [0.15, 0.2) is 15.0 Å². The highest BCUT2D eigenvalue weighted by molar-refractivity contribution is 5.93. The minimum Gasteiger partial charge on any atom is -0.456 e. The zero-order valence-corrected chi connectivity index (χ0v) is 14.3. The van der Waals surface area contributed by atoms with Gasteiger partial charge in [-0.25, -0.2) is 0 Å². The fourth-order valence-electron chi connectivity index (χ4n) is 3.21. The number of piperazine rings is 1. The average Bonchev–Trinajstić information content (AvgIpc) is 3.19. The van der Waals surface area contributed by atoms with E-state index < -0.39 is 0 Å². The molecule has 7 nitrogen and oxygen atoms in total. The molecule has 1 aliphatic carbocycles. The Morgan fingerprint density at radius 2 is 2.08 bits per heavy atom. The molecule has 2 aliphatic rings. The van der Waals surface area contributed by atoms with Gasteiger partial charge in [-0.3, -0.25) is 9.69 Å². The van der Waals surface area contributed by atoms with E-state index in [0.717, 1.165) is 36.5 Å². The SMILES string of the molecule is Cc1cc(C)c(C(=O)N2CCN(C)C(c3nc(C4CC4)no3)C2)o1. The van der Waals surface area contributed by atoms with E-state index >= 15 is 0 Å². The van der Waals surface area contributed by atoms with Crippen molar-refractivity contribution in [2.45, 2.75) is 38.6 Å². The first-order valence-corrected chi connectivity index (χ1v) is 8.43. The first-order valence-electron chi connectivity index (χ1n) is 8.43. The smallest absolute Gasteiger partial charge is 0.289 e. The number of hydrogen-bond donors (Lipinski definition) is 0. The van der Waals surface area contributed by atoms with Gasteiger partial charge in [0, 0.05) is 31.1 Å². The number of furan rings is 1. The number of aromatic nitrogens is 2. The van der Waals surface area contributed by atoms with Crippen molar-refractivity contribution < 1.29 is 13.7 Å². The third-order valence-electron chi connectivity index (χ3n) is 4.86. The van der Waals surface area contributed by atoms with Gasteiger partial charge in [-0.1, -0.05) is 5.16 Å². The normalized spacial score (nSPS) is 22.1. The number of hydrogen-bond acceptors (Lipinski definition) is 6. The van der Waals surface area contributed by atoms with Gasteiger partial charge in [0.15, 0.2) is 11.6 Å². The van der Waals surface area contributed by atoms with Crippen LogP contribution < -0.4 is 0 Å². The van der Waals surface area contributed by atoms with Crippen LogP contribution >= 0.6 is 0 Å². The highest BCUT2D eigenvalue weighted by atomic mass is 16.5. The lowest BCUT2D eigenvalue weighted by Gasteiger charge is -2.37. The summed E-state index contributed by atoms with van der Waals surface area (Å²) in [6, 6.07) is 1.82. The molecular formula is C17H22N4O3. The van der Waals surface area contributed by atoms with Crippen LogP contribution in [0.5, 0.6) is 0 Å². The maximum Gasteiger partial charge on any atom is 0.289 e. The van der Waals surface area contributed by atoms with E-state index in [2.05, 4.69) is 15.0 Å². The maximum atomic E-state index is 12.8. The van der Waals surface area contributed by atoms with Crippen molar-refractivity contribution >= 4 is 5.91 Å². The molecule has 1 saturated carbocycles. The molecule has 3 heterocycles. The molecule has 128 valence electrons. The van der Waals surface area contributed by atoms with Crippen LogP contribution in [0.25, 0.3) is 0 Å². The molecule has 2 fully saturated rings. The van der Waals surface area contributed by atoms with Gasteiger partial charge in [0.1, 0.15) is 11.8 Å². The van der Waals surface area contributed by atoms with E-state index in [1.54, 1.807) is 0 Å². The molecule has 0 N–H and O–H groups in total. The maximum absolute atomic E-state index is 12.8. The van der Waals surface area contributed by atoms with E-state index in [9.17, 15) is 4.79 Å². The summed E-state index contributed by atoms with van der Waals surface area (Å²) in [5.41, 5.74) is 0.877. The molecule has 0 radical (unpaired) electrons. The molecule has 4 rings (SSSR count). The van der Waals surface area contributed by atoms with Crippen LogP contribution in [0.2, 0.25) is 0 Å². The van der Waals surface area contributed by atoms with Crippen LogP contribution in [-0.4, -0.2) is 52.5 Å². The van der Waals surface area contributed by atoms with Gasteiger partial charge in [-0.05, 0) is 39.8 Å². The molecule has 24 heavy (non-hydrogen) atoms. The zero-order valence-electron chi connectivity index (χ0n) is 14.3. The molecule has 1 amide bonds. The van der Waals surface area contributed by atoms with Crippen molar-refractivity contribution in [3.63, 3.8) is 0 Å². The van der Waals surface area contributed by atoms with E-state index in [-0.39, 0.29) is 11.9 Å². The van der Waals surface area contributed by atoms with Gasteiger partial charge in [-0.2, -0.15) is 4.98 Å². The predicted molar refractivity (Wildman–Crippen MR) is 85.7 cm³/mol. The van der Waals surface area contributed by atoms with Crippen LogP contribution in [0, 0.1) is 13.8 Å². The number of carbonyl (C=O) groups excluding carboxylic acids is 1. The Kier molecular flexibility index (Phi) is 3.68. The minimum absolute atomic E-state index is 0.0689. The number of aryl methyl sites for hydroxylation is 2. The monoisotopic (exact) mass is 330 g/mol. The van der Waals surface area contributed by atoms with Crippen molar-refractivity contribution in [3.05, 3.63) is 34.9 Å². The van der Waals surface area contributed by atoms with E-state index in [1.807, 2.05) is 31.9 Å². The van der Waals surface area contributed by atoms with Crippen molar-refractivity contribution in [2.24, 2.45) is 0 Å². The molecule has 2 aromatic rings. The zero-order chi connectivity index (χ0) is 16.8. The molecule has 2 aromatic heterocycles. The Bertz CT molecular complexity index is 762. The Morgan fingerprint density at radius 3 is 2.75 bits per heavy atom. The molecule has 1 saturated heterocycles. The van der Waals surface area contributed by atoms with E-state index in [1.165, 1.54) is 0 Å². The second-order valence-electron chi connectivity index (χ2n) is 6.88. The number of carbonyl (C=O) groups is 1. The summed E-state index contributed by atoms with van der Waals surface area (Å²) in [6.45, 7) is 5.71. The third-order valence-corrected chi connectivity index (χ3v) is 4.86. The summed E-state index contributed by atoms with van der Waals surface area (Å²) in [7, 11) is 2.02. The lowest BCUT2D eigenvalue weighted by Crippen LogP contribution is -2.49. The van der Waals surface area contributed by atoms with Gasteiger partial charge < -0.3 is 13.8 Å². The molecule has 0 aromatic carbocycles. The second kappa shape index (κ2) is 5.73. The largest absolute Gasteiger partial charge is 0.456 e. The molecule has 7 heteroatoms. The summed E-state index contributed by atoms with van der Waals surface area (Å²) in [5.74, 6) is 2.99. The summed E-state index contributed by atoms with van der Waals surface area (Å²) in [4.78, 5) is 21.3. The van der Waals surface area contributed by atoms with Crippen molar-refractivity contribution in [1.29, 1.82) is 0 Å². The molecule has 1 unspecified atom stereocenters. The highest BCUT2D eigenvalue weighted by Gasteiger charge is 2.36. The minimum atomic E-state index is -0.0703. The van der Waals surface area contributed by atoms with Crippen LogP contribution in [-0.2, 0) is 0 Å². The predicted octanol–water partition coefficient (Wildman–Crippen LogP) is 2.29. The van der Waals surface area contributed by atoms with Crippen molar-refractivity contribution in [2.75, 3.05) is 26.7 Å². The Morgan fingerprint density at radius 1 is 1.29 bits per heavy atom. The molecule has 1 aliphatic heterocycles. The lowest BCUT2D eigenvalue weighted by molar-refractivity contribution is 0.0460. The summed E-state index contributed by atoms with van der Waals surface area (Å²) in [5, 5.41) is 4.10. The number of likely N-dealkylation sites (N-methyl/N-ethyl adjacent to an activating group) is 1. The second-order valence-corrected chi connectivity index (χ2v) is 6.88. The van der Waals surface area contributed by atoms with Gasteiger partial charge in [-0.15, -0.1) is 0 Å². The standard InChI is InChI=1S/C17H22N4O3/c1-10-8-11(2)23-14(10)17(22)21-7-6-20(3)13(9-21)16-18-15(19-24-16)12-4-5-12/h8,12-13H,4-7,9H2,1-3H3. The van der Waals surface area contributed by atoms with Gasteiger partial charge in [0.2, 0.25) is 5.89 Å². The van der Waals surface area contributed by atoms with Crippen LogP contribution in [0.3, 0.4) is 0 Å². The first-order chi connectivity index (χ1) is 11.5. The average molecular weight is 330 g/mol. The number of nitrogens with zero attached hydrogens (tertiary/aromatic N) is 4. The third kappa shape index (κ3) is 2.73. The molecule has 1 atom stereocenters. The Balaban J connectivity index is 1.53. The Labute approximate surface area is 140 Å². The number of rotatable bonds is 3. The summed E-state index contributed by atoms with van der Waals surface area (Å²) < 4.78 is 11.1. The molecule has 0 bridgehead atoms. The number of amides is 1. The first kappa shape index (κ1) is 15.4. The van der Waals surface area contributed by atoms with E-state index in [4.69, 9.17) is 8.94 Å². The van der Waals surface area contributed by atoms with Crippen LogP contribution in [0.4, 0.5) is 0 Å². The van der Waals surface area contributed by atoms with Crippen LogP contribution in [0.1, 0.15) is 58.4 Å². The van der Waals surface area contributed by atoms with Crippen molar-refractivity contribution in [1.82, 2.24) is 19.9 Å². The highest BCUT2D eigenvalue weighted by Crippen LogP contribution is 2.39. The van der Waals surface area contributed by atoms with Gasteiger partial charge in [0.05, 0.1) is 0 Å². The van der Waals surface area contributed by atoms with E-state index in [0.29, 0.717) is 30.7 Å². The van der Waals surface area contributed by atoms with Gasteiger partial charge in [0.25, 0.3) is 5.91 Å². The summed E-state index contributed by atoms with van der Waals surface area (Å²) in [6.07, 6.45) is 2.28. The van der Waals surface area contributed by atoms with Gasteiger partial charge >= 0.3 is 0 Å². The summed E-state index contributed by atoms with van der Waals surface area (Å²) >= 11 is 0. The van der Waals surface area contributed by atoms with Crippen molar-refractivity contribution in [3.8, 4) is 0 Å². The fraction of sp³-hybridized carbons (Fsp3) is 0.588. The Hall–Kier alpha value is -2.15. The quantitative estimate of drug-likeness (QED) is 0.859. The molecule has 0 spiro atoms. The fourth-order valence-corrected chi connectivity index (χ4v) is 3.21.